The number of aliphatic hydroxyl groups excluding tert-OH is 1. The Labute approximate surface area is 98.6 Å². The molecule has 0 saturated heterocycles. The first-order valence-electron chi connectivity index (χ1n) is 4.35. The molecular formula is C8H8N2O6S. The molecule has 3 N–H and O–H groups in total. The minimum atomic E-state index is -1.70. The monoisotopic (exact) mass is 260 g/mol. The molecule has 0 aliphatic rings. The van der Waals surface area contributed by atoms with Gasteiger partial charge < -0.3 is 15.5 Å². The Morgan fingerprint density at radius 1 is 1.53 bits per heavy atom. The Morgan fingerprint density at radius 3 is 2.65 bits per heavy atom. The number of nitrogens with zero attached hydrogens (tertiary/aromatic N) is 1. The van der Waals surface area contributed by atoms with Crippen LogP contribution in [0.2, 0.25) is 0 Å². The summed E-state index contributed by atoms with van der Waals surface area (Å²) >= 11 is 0.669. The van der Waals surface area contributed by atoms with Crippen LogP contribution in [-0.4, -0.2) is 39.7 Å². The molecular weight excluding hydrogens is 252 g/mol. The predicted octanol–water partition coefficient (Wildman–Crippen LogP) is -0.168. The number of nitro groups is 1. The number of carboxylic acids is 1. The van der Waals surface area contributed by atoms with E-state index in [-0.39, 0.29) is 9.88 Å². The van der Waals surface area contributed by atoms with E-state index in [4.69, 9.17) is 10.2 Å². The average Bonchev–Trinajstić information content (AvgIpc) is 2.74. The number of hydrogen-bond donors (Lipinski definition) is 3. The van der Waals surface area contributed by atoms with E-state index >= 15 is 0 Å². The Balaban J connectivity index is 2.58. The van der Waals surface area contributed by atoms with Gasteiger partial charge in [0.05, 0.1) is 16.3 Å². The van der Waals surface area contributed by atoms with Crippen molar-refractivity contribution < 1.29 is 24.7 Å². The van der Waals surface area contributed by atoms with Crippen LogP contribution in [-0.2, 0) is 4.79 Å². The summed E-state index contributed by atoms with van der Waals surface area (Å²) in [5.74, 6) is -2.12. The number of carboxylic acid groups (broad SMARTS) is 1. The van der Waals surface area contributed by atoms with Gasteiger partial charge in [0.1, 0.15) is 0 Å². The quantitative estimate of drug-likeness (QED) is 0.497. The molecule has 0 fully saturated rings. The number of thiophene rings is 1. The summed E-state index contributed by atoms with van der Waals surface area (Å²) in [6.45, 7) is -0.458. The lowest BCUT2D eigenvalue weighted by Gasteiger charge is -2.05. The largest absolute Gasteiger partial charge is 0.479 e. The Hall–Kier alpha value is -2.00. The molecule has 0 spiro atoms. The summed E-state index contributed by atoms with van der Waals surface area (Å²) in [6, 6.07) is 2.43. The number of aliphatic carboxylic acids is 1. The third-order valence-electron chi connectivity index (χ3n) is 1.74. The van der Waals surface area contributed by atoms with E-state index in [1.165, 1.54) is 12.1 Å². The number of aliphatic hydroxyl groups is 1. The number of hydrogen-bond acceptors (Lipinski definition) is 6. The molecule has 0 saturated carbocycles. The second-order valence-electron chi connectivity index (χ2n) is 2.96. The zero-order valence-corrected chi connectivity index (χ0v) is 9.14. The maximum atomic E-state index is 11.4. The van der Waals surface area contributed by atoms with Gasteiger partial charge in [-0.1, -0.05) is 11.3 Å². The van der Waals surface area contributed by atoms with Gasteiger partial charge in [-0.2, -0.15) is 0 Å². The zero-order valence-electron chi connectivity index (χ0n) is 8.32. The van der Waals surface area contributed by atoms with E-state index < -0.39 is 29.4 Å². The number of rotatable bonds is 5. The van der Waals surface area contributed by atoms with Crippen molar-refractivity contribution >= 4 is 28.2 Å². The van der Waals surface area contributed by atoms with Crippen molar-refractivity contribution in [3.05, 3.63) is 27.1 Å². The minimum absolute atomic E-state index is 0.0780. The number of amides is 1. The van der Waals surface area contributed by atoms with Gasteiger partial charge in [-0.15, -0.1) is 0 Å². The fourth-order valence-corrected chi connectivity index (χ4v) is 1.65. The van der Waals surface area contributed by atoms with Gasteiger partial charge in [-0.25, -0.2) is 4.79 Å². The molecule has 1 amide bonds. The van der Waals surface area contributed by atoms with Crippen molar-refractivity contribution in [1.82, 2.24) is 5.32 Å². The fourth-order valence-electron chi connectivity index (χ4n) is 0.912. The summed E-state index contributed by atoms with van der Waals surface area (Å²) in [5.41, 5.74) is 0. The van der Waals surface area contributed by atoms with Crippen molar-refractivity contribution in [2.75, 3.05) is 6.54 Å². The highest BCUT2D eigenvalue weighted by Gasteiger charge is 2.18. The highest BCUT2D eigenvalue weighted by atomic mass is 32.1. The smallest absolute Gasteiger partial charge is 0.334 e. The third kappa shape index (κ3) is 3.50. The van der Waals surface area contributed by atoms with Gasteiger partial charge >= 0.3 is 11.0 Å². The van der Waals surface area contributed by atoms with E-state index in [0.29, 0.717) is 11.3 Å². The van der Waals surface area contributed by atoms with Gasteiger partial charge in [0.2, 0.25) is 0 Å². The lowest BCUT2D eigenvalue weighted by molar-refractivity contribution is -0.380. The van der Waals surface area contributed by atoms with Crippen LogP contribution in [0.4, 0.5) is 5.00 Å². The first kappa shape index (κ1) is 13.1. The molecule has 1 heterocycles. The molecule has 1 aromatic rings. The highest BCUT2D eigenvalue weighted by Crippen LogP contribution is 2.23. The molecule has 1 unspecified atom stereocenters. The first-order chi connectivity index (χ1) is 7.91. The van der Waals surface area contributed by atoms with Crippen LogP contribution >= 0.6 is 11.3 Å². The molecule has 1 rings (SSSR count). The Bertz CT molecular complexity index is 457. The zero-order chi connectivity index (χ0) is 13.0. The van der Waals surface area contributed by atoms with Crippen molar-refractivity contribution in [2.45, 2.75) is 6.10 Å². The minimum Gasteiger partial charge on any atom is -0.479 e. The summed E-state index contributed by atoms with van der Waals surface area (Å²) in [4.78, 5) is 31.4. The molecule has 0 aliphatic carbocycles. The van der Waals surface area contributed by atoms with Crippen LogP contribution in [0.5, 0.6) is 0 Å². The van der Waals surface area contributed by atoms with E-state index in [0.717, 1.165) is 0 Å². The van der Waals surface area contributed by atoms with Crippen molar-refractivity contribution in [2.24, 2.45) is 0 Å². The van der Waals surface area contributed by atoms with Crippen LogP contribution in [0.15, 0.2) is 12.1 Å². The van der Waals surface area contributed by atoms with Gasteiger partial charge in [0, 0.05) is 6.07 Å². The summed E-state index contributed by atoms with van der Waals surface area (Å²) in [6.07, 6.45) is -1.70. The highest BCUT2D eigenvalue weighted by molar-refractivity contribution is 7.17. The van der Waals surface area contributed by atoms with E-state index in [2.05, 4.69) is 5.32 Å². The Morgan fingerprint density at radius 2 is 2.18 bits per heavy atom. The van der Waals surface area contributed by atoms with Crippen molar-refractivity contribution in [3.63, 3.8) is 0 Å². The van der Waals surface area contributed by atoms with E-state index in [1.807, 2.05) is 0 Å². The first-order valence-corrected chi connectivity index (χ1v) is 5.16. The van der Waals surface area contributed by atoms with Crippen molar-refractivity contribution in [3.8, 4) is 0 Å². The molecule has 8 nitrogen and oxygen atoms in total. The normalized spacial score (nSPS) is 11.8. The van der Waals surface area contributed by atoms with Gasteiger partial charge in [-0.05, 0) is 6.07 Å². The standard InChI is InChI=1S/C8H8N2O6S/c11-4(8(13)14)3-9-7(12)5-1-2-6(17-5)10(15)16/h1-2,4,11H,3H2,(H,9,12)(H,13,14). The van der Waals surface area contributed by atoms with Crippen LogP contribution < -0.4 is 5.32 Å². The molecule has 0 aromatic carbocycles. The van der Waals surface area contributed by atoms with Crippen LogP contribution in [0.3, 0.4) is 0 Å². The van der Waals surface area contributed by atoms with Crippen LogP contribution in [0, 0.1) is 10.1 Å². The van der Waals surface area contributed by atoms with E-state index in [1.54, 1.807) is 0 Å². The molecule has 9 heteroatoms. The number of carbonyl (C=O) groups is 2. The molecule has 1 aromatic heterocycles. The number of nitrogens with one attached hydrogen (secondary N) is 1. The van der Waals surface area contributed by atoms with E-state index in [9.17, 15) is 19.7 Å². The molecule has 0 radical (unpaired) electrons. The topological polar surface area (TPSA) is 130 Å². The number of carbonyl (C=O) groups excluding carboxylic acids is 1. The fraction of sp³-hybridized carbons (Fsp3) is 0.250. The van der Waals surface area contributed by atoms with Crippen molar-refractivity contribution in [1.29, 1.82) is 0 Å². The summed E-state index contributed by atoms with van der Waals surface area (Å²) in [7, 11) is 0. The molecule has 0 bridgehead atoms. The lowest BCUT2D eigenvalue weighted by atomic mass is 10.3. The SMILES string of the molecule is O=C(NCC(O)C(=O)O)c1ccc([N+](=O)[O-])s1. The maximum absolute atomic E-state index is 11.4. The Kier molecular flexibility index (Phi) is 4.12. The van der Waals surface area contributed by atoms with Gasteiger partial charge in [0.15, 0.2) is 6.10 Å². The molecule has 1 atom stereocenters. The summed E-state index contributed by atoms with van der Waals surface area (Å²) in [5, 5.41) is 29.6. The predicted molar refractivity (Wildman–Crippen MR) is 56.9 cm³/mol. The molecule has 92 valence electrons. The van der Waals surface area contributed by atoms with Gasteiger partial charge in [-0.3, -0.25) is 14.9 Å². The summed E-state index contributed by atoms with van der Waals surface area (Å²) < 4.78 is 0. The molecule has 0 aliphatic heterocycles. The second kappa shape index (κ2) is 5.37. The second-order valence-corrected chi connectivity index (χ2v) is 4.02. The maximum Gasteiger partial charge on any atom is 0.334 e. The van der Waals surface area contributed by atoms with Gasteiger partial charge in [0.25, 0.3) is 5.91 Å². The third-order valence-corrected chi connectivity index (χ3v) is 2.77. The van der Waals surface area contributed by atoms with Crippen LogP contribution in [0.1, 0.15) is 9.67 Å². The van der Waals surface area contributed by atoms with Crippen LogP contribution in [0.25, 0.3) is 0 Å². The average molecular weight is 260 g/mol. The lowest BCUT2D eigenvalue weighted by Crippen LogP contribution is -2.36. The molecule has 17 heavy (non-hydrogen) atoms.